The van der Waals surface area contributed by atoms with Crippen LogP contribution in [0.15, 0.2) is 18.3 Å². The molecule has 5 heteroatoms. The van der Waals surface area contributed by atoms with Crippen LogP contribution in [0, 0.1) is 6.92 Å². The SMILES string of the molecule is Cc1ccnc(-c2nc3c(c(NN)n2)CCCCC3)c1. The Kier molecular flexibility index (Phi) is 3.60. The standard InChI is InChI=1S/C15H19N5/c1-10-7-8-17-13(9-10)15-18-12-6-4-2-3-5-11(12)14(19-15)20-16/h7-9H,2-6,16H2,1H3,(H,18,19,20). The van der Waals surface area contributed by atoms with Crippen LogP contribution in [0.2, 0.25) is 0 Å². The molecule has 0 atom stereocenters. The van der Waals surface area contributed by atoms with Gasteiger partial charge in [-0.3, -0.25) is 4.98 Å². The summed E-state index contributed by atoms with van der Waals surface area (Å²) < 4.78 is 0. The molecule has 2 heterocycles. The van der Waals surface area contributed by atoms with E-state index in [-0.39, 0.29) is 0 Å². The molecule has 0 saturated heterocycles. The minimum Gasteiger partial charge on any atom is -0.308 e. The Morgan fingerprint density at radius 1 is 1.15 bits per heavy atom. The first-order valence-electron chi connectivity index (χ1n) is 7.07. The van der Waals surface area contributed by atoms with Gasteiger partial charge < -0.3 is 5.43 Å². The van der Waals surface area contributed by atoms with Gasteiger partial charge in [-0.2, -0.15) is 0 Å². The summed E-state index contributed by atoms with van der Waals surface area (Å²) in [5, 5.41) is 0. The molecule has 3 rings (SSSR count). The zero-order valence-electron chi connectivity index (χ0n) is 11.7. The average Bonchev–Trinajstić information content (AvgIpc) is 2.71. The number of pyridine rings is 1. The summed E-state index contributed by atoms with van der Waals surface area (Å²) in [4.78, 5) is 13.6. The van der Waals surface area contributed by atoms with E-state index in [1.165, 1.54) is 24.8 Å². The first kappa shape index (κ1) is 13.0. The quantitative estimate of drug-likeness (QED) is 0.497. The molecule has 104 valence electrons. The van der Waals surface area contributed by atoms with Crippen molar-refractivity contribution in [3.8, 4) is 11.5 Å². The summed E-state index contributed by atoms with van der Waals surface area (Å²) in [6.07, 6.45) is 7.36. The second-order valence-corrected chi connectivity index (χ2v) is 5.24. The number of nitrogen functional groups attached to an aromatic ring is 1. The number of aromatic nitrogens is 3. The fraction of sp³-hybridized carbons (Fsp3) is 0.400. The van der Waals surface area contributed by atoms with Crippen molar-refractivity contribution >= 4 is 5.82 Å². The molecule has 0 fully saturated rings. The van der Waals surface area contributed by atoms with Gasteiger partial charge in [0.2, 0.25) is 0 Å². The Bertz CT molecular complexity index is 624. The molecule has 0 saturated carbocycles. The number of hydrazine groups is 1. The van der Waals surface area contributed by atoms with Crippen molar-refractivity contribution in [2.75, 3.05) is 5.43 Å². The van der Waals surface area contributed by atoms with E-state index < -0.39 is 0 Å². The van der Waals surface area contributed by atoms with Gasteiger partial charge in [0.15, 0.2) is 5.82 Å². The highest BCUT2D eigenvalue weighted by molar-refractivity contribution is 5.57. The van der Waals surface area contributed by atoms with Crippen LogP contribution in [0.25, 0.3) is 11.5 Å². The second-order valence-electron chi connectivity index (χ2n) is 5.24. The lowest BCUT2D eigenvalue weighted by Gasteiger charge is -2.12. The number of rotatable bonds is 2. The second kappa shape index (κ2) is 5.54. The van der Waals surface area contributed by atoms with Crippen LogP contribution in [0.3, 0.4) is 0 Å². The predicted molar refractivity (Wildman–Crippen MR) is 79.1 cm³/mol. The maximum absolute atomic E-state index is 5.64. The minimum absolute atomic E-state index is 0.655. The number of fused-ring (bicyclic) bond motifs is 1. The minimum atomic E-state index is 0.655. The Hall–Kier alpha value is -2.01. The highest BCUT2D eigenvalue weighted by Gasteiger charge is 2.17. The van der Waals surface area contributed by atoms with Gasteiger partial charge in [-0.25, -0.2) is 15.8 Å². The van der Waals surface area contributed by atoms with Gasteiger partial charge in [0.25, 0.3) is 0 Å². The van der Waals surface area contributed by atoms with Gasteiger partial charge in [-0.1, -0.05) is 6.42 Å². The molecule has 5 nitrogen and oxygen atoms in total. The summed E-state index contributed by atoms with van der Waals surface area (Å²) in [5.74, 6) is 7.04. The Balaban J connectivity index is 2.11. The molecule has 0 aromatic carbocycles. The molecule has 0 spiro atoms. The molecule has 3 N–H and O–H groups in total. The number of hydrogen-bond donors (Lipinski definition) is 2. The van der Waals surface area contributed by atoms with E-state index >= 15 is 0 Å². The molecule has 1 aliphatic rings. The van der Waals surface area contributed by atoms with Crippen LogP contribution >= 0.6 is 0 Å². The predicted octanol–water partition coefficient (Wildman–Crippen LogP) is 2.40. The van der Waals surface area contributed by atoms with Crippen molar-refractivity contribution in [3.63, 3.8) is 0 Å². The van der Waals surface area contributed by atoms with Crippen LogP contribution in [0.5, 0.6) is 0 Å². The zero-order chi connectivity index (χ0) is 13.9. The smallest absolute Gasteiger partial charge is 0.180 e. The summed E-state index contributed by atoms with van der Waals surface area (Å²) in [5.41, 5.74) is 6.96. The van der Waals surface area contributed by atoms with E-state index in [2.05, 4.69) is 15.4 Å². The monoisotopic (exact) mass is 269 g/mol. The topological polar surface area (TPSA) is 76.7 Å². The van der Waals surface area contributed by atoms with Gasteiger partial charge in [0.1, 0.15) is 11.5 Å². The van der Waals surface area contributed by atoms with Gasteiger partial charge in [0, 0.05) is 17.5 Å². The number of anilines is 1. The maximum Gasteiger partial charge on any atom is 0.180 e. The van der Waals surface area contributed by atoms with Gasteiger partial charge >= 0.3 is 0 Å². The lowest BCUT2D eigenvalue weighted by Crippen LogP contribution is -2.14. The number of nitrogens with zero attached hydrogens (tertiary/aromatic N) is 3. The number of aryl methyl sites for hydroxylation is 2. The van der Waals surface area contributed by atoms with Crippen molar-refractivity contribution in [1.82, 2.24) is 15.0 Å². The van der Waals surface area contributed by atoms with Crippen LogP contribution < -0.4 is 11.3 Å². The third-order valence-electron chi connectivity index (χ3n) is 3.71. The Morgan fingerprint density at radius 2 is 2.00 bits per heavy atom. The molecule has 0 amide bonds. The molecular weight excluding hydrogens is 250 g/mol. The van der Waals surface area contributed by atoms with Crippen molar-refractivity contribution in [3.05, 3.63) is 35.2 Å². The third kappa shape index (κ3) is 2.49. The molecule has 20 heavy (non-hydrogen) atoms. The lowest BCUT2D eigenvalue weighted by molar-refractivity contribution is 0.709. The first-order valence-corrected chi connectivity index (χ1v) is 7.07. The molecule has 2 aromatic rings. The van der Waals surface area contributed by atoms with Gasteiger partial charge in [0.05, 0.1) is 0 Å². The van der Waals surface area contributed by atoms with Crippen molar-refractivity contribution in [1.29, 1.82) is 0 Å². The molecule has 1 aliphatic carbocycles. The van der Waals surface area contributed by atoms with Crippen molar-refractivity contribution in [2.45, 2.75) is 39.0 Å². The Morgan fingerprint density at radius 3 is 2.80 bits per heavy atom. The van der Waals surface area contributed by atoms with Crippen LogP contribution in [-0.2, 0) is 12.8 Å². The zero-order valence-corrected chi connectivity index (χ0v) is 11.7. The molecule has 0 unspecified atom stereocenters. The first-order chi connectivity index (χ1) is 9.78. The van der Waals surface area contributed by atoms with Crippen molar-refractivity contribution < 1.29 is 0 Å². The van der Waals surface area contributed by atoms with Gasteiger partial charge in [-0.05, 0) is 50.3 Å². The summed E-state index contributed by atoms with van der Waals surface area (Å²) >= 11 is 0. The summed E-state index contributed by atoms with van der Waals surface area (Å²) in [7, 11) is 0. The van der Waals surface area contributed by atoms with Crippen LogP contribution in [-0.4, -0.2) is 15.0 Å². The molecule has 0 bridgehead atoms. The molecule has 2 aromatic heterocycles. The fourth-order valence-corrected chi connectivity index (χ4v) is 2.66. The fourth-order valence-electron chi connectivity index (χ4n) is 2.66. The molecule has 0 radical (unpaired) electrons. The van der Waals surface area contributed by atoms with E-state index in [4.69, 9.17) is 10.8 Å². The number of hydrogen-bond acceptors (Lipinski definition) is 5. The largest absolute Gasteiger partial charge is 0.308 e. The van der Waals surface area contributed by atoms with E-state index in [1.807, 2.05) is 19.1 Å². The van der Waals surface area contributed by atoms with Gasteiger partial charge in [-0.15, -0.1) is 0 Å². The lowest BCUT2D eigenvalue weighted by atomic mass is 10.1. The molecule has 0 aliphatic heterocycles. The van der Waals surface area contributed by atoms with E-state index in [0.717, 1.165) is 35.6 Å². The molecular formula is C15H19N5. The van der Waals surface area contributed by atoms with E-state index in [0.29, 0.717) is 5.82 Å². The highest BCUT2D eigenvalue weighted by Crippen LogP contribution is 2.26. The van der Waals surface area contributed by atoms with E-state index in [9.17, 15) is 0 Å². The van der Waals surface area contributed by atoms with Crippen molar-refractivity contribution in [2.24, 2.45) is 5.84 Å². The van der Waals surface area contributed by atoms with Crippen LogP contribution in [0.4, 0.5) is 5.82 Å². The average molecular weight is 269 g/mol. The number of nitrogens with two attached hydrogens (primary N) is 1. The normalized spacial score (nSPS) is 14.5. The summed E-state index contributed by atoms with van der Waals surface area (Å²) in [6, 6.07) is 3.97. The van der Waals surface area contributed by atoms with E-state index in [1.54, 1.807) is 6.20 Å². The third-order valence-corrected chi connectivity index (χ3v) is 3.71. The summed E-state index contributed by atoms with van der Waals surface area (Å²) in [6.45, 7) is 2.04. The maximum atomic E-state index is 5.64. The van der Waals surface area contributed by atoms with Crippen LogP contribution in [0.1, 0.15) is 36.1 Å². The Labute approximate surface area is 118 Å². The number of nitrogens with one attached hydrogen (secondary N) is 1. The highest BCUT2D eigenvalue weighted by atomic mass is 15.3.